The van der Waals surface area contributed by atoms with Gasteiger partial charge in [0.05, 0.1) is 17.2 Å². The van der Waals surface area contributed by atoms with Crippen LogP contribution in [-0.2, 0) is 11.3 Å². The van der Waals surface area contributed by atoms with Crippen LogP contribution in [0.4, 0.5) is 0 Å². The summed E-state index contributed by atoms with van der Waals surface area (Å²) in [4.78, 5) is 31.7. The number of amides is 1. The third-order valence-corrected chi connectivity index (χ3v) is 6.10. The summed E-state index contributed by atoms with van der Waals surface area (Å²) in [6.45, 7) is 3.55. The molecule has 0 spiro atoms. The molecule has 2 aliphatic rings. The van der Waals surface area contributed by atoms with Gasteiger partial charge in [-0.25, -0.2) is 4.98 Å². The van der Waals surface area contributed by atoms with Gasteiger partial charge in [-0.2, -0.15) is 0 Å². The van der Waals surface area contributed by atoms with Crippen molar-refractivity contribution in [3.8, 4) is 0 Å². The molecule has 4 rings (SSSR count). The predicted octanol–water partition coefficient (Wildman–Crippen LogP) is 2.17. The van der Waals surface area contributed by atoms with Crippen LogP contribution < -0.4 is 10.9 Å². The molecule has 2 saturated heterocycles. The summed E-state index contributed by atoms with van der Waals surface area (Å²) in [5.41, 5.74) is 0.607. The second kappa shape index (κ2) is 8.21. The lowest BCUT2D eigenvalue weighted by atomic mass is 9.83. The average molecular weight is 368 g/mol. The van der Waals surface area contributed by atoms with Crippen LogP contribution in [0.15, 0.2) is 35.4 Å². The SMILES string of the molecule is O=C(CCn1cnc2ccccc2c1=O)NC[C@@H]1CCCN2CCCC[C@@H]12. The summed E-state index contributed by atoms with van der Waals surface area (Å²) in [7, 11) is 0. The molecule has 1 aromatic carbocycles. The molecule has 2 atom stereocenters. The first kappa shape index (κ1) is 18.2. The molecule has 1 aromatic heterocycles. The number of hydrogen-bond acceptors (Lipinski definition) is 4. The minimum absolute atomic E-state index is 0.0167. The standard InChI is InChI=1S/C21H28N4O2/c26-20(22-14-16-6-5-12-24-11-4-3-9-19(16)24)10-13-25-15-23-18-8-2-1-7-17(18)21(25)27/h1-2,7-8,15-16,19H,3-6,9-14H2,(H,22,26)/t16-,19-/m0/s1. The molecule has 0 saturated carbocycles. The van der Waals surface area contributed by atoms with Gasteiger partial charge in [0.2, 0.25) is 5.91 Å². The molecular weight excluding hydrogens is 340 g/mol. The normalized spacial score (nSPS) is 23.1. The summed E-state index contributed by atoms with van der Waals surface area (Å²) < 4.78 is 1.53. The number of piperidine rings is 2. The Bertz CT molecular complexity index is 861. The Morgan fingerprint density at radius 1 is 1.15 bits per heavy atom. The van der Waals surface area contributed by atoms with Crippen molar-refractivity contribution in [3.63, 3.8) is 0 Å². The van der Waals surface area contributed by atoms with E-state index < -0.39 is 0 Å². The minimum Gasteiger partial charge on any atom is -0.356 e. The first-order valence-electron chi connectivity index (χ1n) is 10.2. The second-order valence-electron chi connectivity index (χ2n) is 7.82. The molecule has 0 unspecified atom stereocenters. The zero-order valence-corrected chi connectivity index (χ0v) is 15.8. The summed E-state index contributed by atoms with van der Waals surface area (Å²) in [6, 6.07) is 7.94. The Balaban J connectivity index is 1.31. The molecule has 27 heavy (non-hydrogen) atoms. The molecular formula is C21H28N4O2. The Hall–Kier alpha value is -2.21. The van der Waals surface area contributed by atoms with Crippen molar-refractivity contribution in [2.24, 2.45) is 5.92 Å². The number of fused-ring (bicyclic) bond motifs is 2. The number of nitrogens with one attached hydrogen (secondary N) is 1. The predicted molar refractivity (Wildman–Crippen MR) is 106 cm³/mol. The summed E-state index contributed by atoms with van der Waals surface area (Å²) in [5, 5.41) is 3.71. The van der Waals surface area contributed by atoms with E-state index in [2.05, 4.69) is 15.2 Å². The zero-order chi connectivity index (χ0) is 18.6. The van der Waals surface area contributed by atoms with Crippen molar-refractivity contribution in [3.05, 3.63) is 40.9 Å². The first-order chi connectivity index (χ1) is 13.2. The maximum atomic E-state index is 12.5. The number of carbonyl (C=O) groups is 1. The van der Waals surface area contributed by atoms with Gasteiger partial charge in [0.15, 0.2) is 0 Å². The highest BCUT2D eigenvalue weighted by Crippen LogP contribution is 2.30. The van der Waals surface area contributed by atoms with Crippen LogP contribution in [-0.4, -0.2) is 46.0 Å². The fraction of sp³-hybridized carbons (Fsp3) is 0.571. The molecule has 3 heterocycles. The Morgan fingerprint density at radius 2 is 2.00 bits per heavy atom. The number of benzene rings is 1. The molecule has 2 aliphatic heterocycles. The number of para-hydroxylation sites is 1. The summed E-state index contributed by atoms with van der Waals surface area (Å²) in [6.07, 6.45) is 8.16. The van der Waals surface area contributed by atoms with E-state index in [1.54, 1.807) is 12.4 Å². The molecule has 0 aliphatic carbocycles. The lowest BCUT2D eigenvalue weighted by Gasteiger charge is -2.44. The van der Waals surface area contributed by atoms with Gasteiger partial charge >= 0.3 is 0 Å². The highest BCUT2D eigenvalue weighted by Gasteiger charge is 2.32. The van der Waals surface area contributed by atoms with Crippen molar-refractivity contribution in [1.29, 1.82) is 0 Å². The molecule has 2 aromatic rings. The van der Waals surface area contributed by atoms with Gasteiger partial charge in [-0.1, -0.05) is 18.6 Å². The first-order valence-corrected chi connectivity index (χ1v) is 10.2. The van der Waals surface area contributed by atoms with Gasteiger partial charge in [-0.15, -0.1) is 0 Å². The topological polar surface area (TPSA) is 67.2 Å². The molecule has 6 nitrogen and oxygen atoms in total. The quantitative estimate of drug-likeness (QED) is 0.878. The van der Waals surface area contributed by atoms with E-state index in [9.17, 15) is 9.59 Å². The Kier molecular flexibility index (Phi) is 5.53. The highest BCUT2D eigenvalue weighted by atomic mass is 16.1. The van der Waals surface area contributed by atoms with Gasteiger partial charge in [-0.05, 0) is 56.8 Å². The van der Waals surface area contributed by atoms with Crippen LogP contribution in [0.3, 0.4) is 0 Å². The van der Waals surface area contributed by atoms with Crippen LogP contribution in [0.5, 0.6) is 0 Å². The maximum Gasteiger partial charge on any atom is 0.261 e. The van der Waals surface area contributed by atoms with Crippen molar-refractivity contribution >= 4 is 16.8 Å². The van der Waals surface area contributed by atoms with E-state index in [0.29, 0.717) is 35.8 Å². The molecule has 2 fully saturated rings. The van der Waals surface area contributed by atoms with Gasteiger partial charge in [0, 0.05) is 25.6 Å². The van der Waals surface area contributed by atoms with Crippen LogP contribution in [0.2, 0.25) is 0 Å². The van der Waals surface area contributed by atoms with Gasteiger partial charge in [0.25, 0.3) is 5.56 Å². The fourth-order valence-electron chi connectivity index (χ4n) is 4.64. The van der Waals surface area contributed by atoms with Gasteiger partial charge in [0.1, 0.15) is 0 Å². The lowest BCUT2D eigenvalue weighted by Crippen LogP contribution is -2.51. The van der Waals surface area contributed by atoms with Crippen molar-refractivity contribution in [2.45, 2.75) is 51.1 Å². The van der Waals surface area contributed by atoms with Crippen LogP contribution in [0.25, 0.3) is 10.9 Å². The van der Waals surface area contributed by atoms with Crippen molar-refractivity contribution in [2.75, 3.05) is 19.6 Å². The van der Waals surface area contributed by atoms with E-state index in [1.165, 1.54) is 49.8 Å². The van der Waals surface area contributed by atoms with Crippen LogP contribution in [0, 0.1) is 5.92 Å². The van der Waals surface area contributed by atoms with E-state index >= 15 is 0 Å². The van der Waals surface area contributed by atoms with E-state index in [0.717, 1.165) is 6.54 Å². The number of carbonyl (C=O) groups excluding carboxylic acids is 1. The van der Waals surface area contributed by atoms with Crippen molar-refractivity contribution < 1.29 is 4.79 Å². The smallest absolute Gasteiger partial charge is 0.261 e. The van der Waals surface area contributed by atoms with Gasteiger partial charge < -0.3 is 10.2 Å². The Labute approximate surface area is 159 Å². The molecule has 1 N–H and O–H groups in total. The third kappa shape index (κ3) is 4.05. The highest BCUT2D eigenvalue weighted by molar-refractivity contribution is 5.77. The zero-order valence-electron chi connectivity index (χ0n) is 15.8. The van der Waals surface area contributed by atoms with E-state index in [-0.39, 0.29) is 11.5 Å². The molecule has 0 radical (unpaired) electrons. The fourth-order valence-corrected chi connectivity index (χ4v) is 4.64. The average Bonchev–Trinajstić information content (AvgIpc) is 2.72. The maximum absolute atomic E-state index is 12.5. The third-order valence-electron chi connectivity index (χ3n) is 6.10. The molecule has 6 heteroatoms. The molecule has 1 amide bonds. The minimum atomic E-state index is -0.0847. The van der Waals surface area contributed by atoms with Crippen molar-refractivity contribution in [1.82, 2.24) is 19.8 Å². The monoisotopic (exact) mass is 368 g/mol. The largest absolute Gasteiger partial charge is 0.356 e. The number of hydrogen-bond donors (Lipinski definition) is 1. The summed E-state index contributed by atoms with van der Waals surface area (Å²) >= 11 is 0. The lowest BCUT2D eigenvalue weighted by molar-refractivity contribution is -0.121. The number of aryl methyl sites for hydroxylation is 1. The molecule has 0 bridgehead atoms. The van der Waals surface area contributed by atoms with E-state index in [1.807, 2.05) is 18.2 Å². The Morgan fingerprint density at radius 3 is 2.93 bits per heavy atom. The number of nitrogens with zero attached hydrogens (tertiary/aromatic N) is 3. The second-order valence-corrected chi connectivity index (χ2v) is 7.82. The number of aromatic nitrogens is 2. The molecule has 144 valence electrons. The van der Waals surface area contributed by atoms with Gasteiger partial charge in [-0.3, -0.25) is 14.2 Å². The van der Waals surface area contributed by atoms with Crippen LogP contribution in [0.1, 0.15) is 38.5 Å². The van der Waals surface area contributed by atoms with Crippen LogP contribution >= 0.6 is 0 Å². The number of rotatable bonds is 5. The van der Waals surface area contributed by atoms with E-state index in [4.69, 9.17) is 0 Å². The summed E-state index contributed by atoms with van der Waals surface area (Å²) in [5.74, 6) is 0.580.